The van der Waals surface area contributed by atoms with E-state index in [1.54, 1.807) is 0 Å². The molecule has 0 bridgehead atoms. The van der Waals surface area contributed by atoms with Crippen LogP contribution in [0.5, 0.6) is 0 Å². The molecule has 0 aromatic rings. The van der Waals surface area contributed by atoms with Gasteiger partial charge in [-0.05, 0) is 77.0 Å². The predicted octanol–water partition coefficient (Wildman–Crippen LogP) is 25.5. The number of esters is 3. The number of unbranched alkanes of at least 4 members (excludes halogenated alkanes) is 52. The summed E-state index contributed by atoms with van der Waals surface area (Å²) >= 11 is 0. The first-order valence-electron chi connectivity index (χ1n) is 37.0. The average Bonchev–Trinajstić information content (AvgIpc) is 3.48. The smallest absolute Gasteiger partial charge is 0.306 e. The van der Waals surface area contributed by atoms with Gasteiger partial charge in [-0.1, -0.05) is 353 Å². The van der Waals surface area contributed by atoms with E-state index in [1.807, 2.05) is 0 Å². The summed E-state index contributed by atoms with van der Waals surface area (Å²) in [6, 6.07) is 0. The van der Waals surface area contributed by atoms with Crippen LogP contribution in [0.25, 0.3) is 0 Å². The molecule has 0 aliphatic carbocycles. The van der Waals surface area contributed by atoms with Crippen molar-refractivity contribution < 1.29 is 28.6 Å². The van der Waals surface area contributed by atoms with Gasteiger partial charge in [-0.15, -0.1) is 0 Å². The van der Waals surface area contributed by atoms with E-state index in [0.717, 1.165) is 77.0 Å². The normalized spacial score (nSPS) is 12.2. The van der Waals surface area contributed by atoms with Crippen LogP contribution in [0.4, 0.5) is 0 Å². The van der Waals surface area contributed by atoms with Crippen LogP contribution in [0.3, 0.4) is 0 Å². The molecule has 1 atom stereocenters. The number of hydrogen-bond acceptors (Lipinski definition) is 6. The number of carbonyl (C=O) groups is 3. The zero-order chi connectivity index (χ0) is 59.2. The molecule has 0 aliphatic heterocycles. The number of carbonyl (C=O) groups excluding carboxylic acids is 3. The highest BCUT2D eigenvalue weighted by Crippen LogP contribution is 2.19. The molecule has 0 saturated carbocycles. The average molecular weight is 1150 g/mol. The van der Waals surface area contributed by atoms with E-state index < -0.39 is 6.10 Å². The van der Waals surface area contributed by atoms with Gasteiger partial charge in [-0.2, -0.15) is 0 Å². The second-order valence-electron chi connectivity index (χ2n) is 25.2. The van der Waals surface area contributed by atoms with Crippen LogP contribution in [0, 0.1) is 0 Å². The first-order valence-corrected chi connectivity index (χ1v) is 37.0. The van der Waals surface area contributed by atoms with Gasteiger partial charge in [-0.25, -0.2) is 0 Å². The molecule has 482 valence electrons. The van der Waals surface area contributed by atoms with Gasteiger partial charge in [0.15, 0.2) is 6.10 Å². The zero-order valence-electron chi connectivity index (χ0n) is 55.5. The Labute approximate surface area is 512 Å². The number of hydrogen-bond donors (Lipinski definition) is 0. The minimum absolute atomic E-state index is 0.0737. The molecule has 6 nitrogen and oxygen atoms in total. The van der Waals surface area contributed by atoms with Crippen molar-refractivity contribution >= 4 is 17.9 Å². The fraction of sp³-hybridized carbons (Fsp3) is 0.882. The molecule has 82 heavy (non-hydrogen) atoms. The van der Waals surface area contributed by atoms with E-state index in [1.165, 1.54) is 295 Å². The summed E-state index contributed by atoms with van der Waals surface area (Å²) in [6.07, 6.45) is 89.2. The van der Waals surface area contributed by atoms with E-state index in [-0.39, 0.29) is 31.1 Å². The lowest BCUT2D eigenvalue weighted by Gasteiger charge is -2.18. The van der Waals surface area contributed by atoms with E-state index in [0.29, 0.717) is 19.3 Å². The Kier molecular flexibility index (Phi) is 69.1. The van der Waals surface area contributed by atoms with E-state index in [9.17, 15) is 14.4 Å². The number of rotatable bonds is 69. The zero-order valence-corrected chi connectivity index (χ0v) is 55.5. The number of allylic oxidation sites excluding steroid dienone is 6. The summed E-state index contributed by atoms with van der Waals surface area (Å²) in [6.45, 7) is 6.66. The Hall–Kier alpha value is -2.37. The van der Waals surface area contributed by atoms with Gasteiger partial charge >= 0.3 is 17.9 Å². The Bertz CT molecular complexity index is 1370. The molecular formula is C76H142O6. The third-order valence-corrected chi connectivity index (χ3v) is 16.9. The van der Waals surface area contributed by atoms with Crippen molar-refractivity contribution in [2.24, 2.45) is 0 Å². The maximum absolute atomic E-state index is 12.9. The van der Waals surface area contributed by atoms with Crippen molar-refractivity contribution in [3.8, 4) is 0 Å². The molecule has 0 aromatic heterocycles. The summed E-state index contributed by atoms with van der Waals surface area (Å²) in [7, 11) is 0. The van der Waals surface area contributed by atoms with Gasteiger partial charge in [0.2, 0.25) is 0 Å². The van der Waals surface area contributed by atoms with Crippen molar-refractivity contribution in [1.82, 2.24) is 0 Å². The standard InChI is InChI=1S/C76H142O6/c1-4-7-10-13-16-19-22-25-28-30-31-32-33-34-35-36-37-38-39-40-41-42-43-44-45-47-48-51-54-57-60-63-66-69-75(78)81-72-73(71-80-74(77)68-65-62-59-56-53-50-27-24-21-18-15-12-9-6-3)82-76(79)70-67-64-61-58-55-52-49-46-29-26-23-20-17-14-11-8-5-2/h17,20,24,26-27,29,73H,4-16,18-19,21-23,25,28,30-72H2,1-3H3/b20-17-,27-24-,29-26-. The van der Waals surface area contributed by atoms with Gasteiger partial charge in [0.25, 0.3) is 0 Å². The topological polar surface area (TPSA) is 78.9 Å². The van der Waals surface area contributed by atoms with Gasteiger partial charge in [-0.3, -0.25) is 14.4 Å². The maximum Gasteiger partial charge on any atom is 0.306 e. The van der Waals surface area contributed by atoms with Crippen molar-refractivity contribution in [2.45, 2.75) is 419 Å². The first-order chi connectivity index (χ1) is 40.5. The molecule has 0 aliphatic rings. The molecule has 0 rings (SSSR count). The Balaban J connectivity index is 4.11. The molecular weight excluding hydrogens is 1010 g/mol. The molecule has 6 heteroatoms. The lowest BCUT2D eigenvalue weighted by atomic mass is 10.0. The van der Waals surface area contributed by atoms with Crippen LogP contribution >= 0.6 is 0 Å². The van der Waals surface area contributed by atoms with Crippen LogP contribution in [0.2, 0.25) is 0 Å². The van der Waals surface area contributed by atoms with E-state index >= 15 is 0 Å². The molecule has 0 heterocycles. The van der Waals surface area contributed by atoms with Crippen LogP contribution in [-0.2, 0) is 28.6 Å². The molecule has 0 spiro atoms. The first kappa shape index (κ1) is 79.6. The van der Waals surface area contributed by atoms with Crippen LogP contribution in [-0.4, -0.2) is 37.2 Å². The second-order valence-corrected chi connectivity index (χ2v) is 25.2. The largest absolute Gasteiger partial charge is 0.462 e. The highest BCUT2D eigenvalue weighted by molar-refractivity contribution is 5.71. The predicted molar refractivity (Wildman–Crippen MR) is 358 cm³/mol. The summed E-state index contributed by atoms with van der Waals surface area (Å²) in [5.41, 5.74) is 0. The summed E-state index contributed by atoms with van der Waals surface area (Å²) in [5, 5.41) is 0. The SMILES string of the molecule is CCCCC/C=C\C/C=C\CCCCCCCCCC(=O)OC(COC(=O)CCCCCCC/C=C\CCCCCCC)COC(=O)CCCCCCCCCCCCCCCCCCCCCCCCCCCCCCCCCCC. The lowest BCUT2D eigenvalue weighted by Crippen LogP contribution is -2.30. The second kappa shape index (κ2) is 71.1. The summed E-state index contributed by atoms with van der Waals surface area (Å²) in [4.78, 5) is 38.4. The Morgan fingerprint density at radius 3 is 0.707 bits per heavy atom. The van der Waals surface area contributed by atoms with Crippen molar-refractivity contribution in [3.05, 3.63) is 36.5 Å². The van der Waals surface area contributed by atoms with E-state index in [4.69, 9.17) is 14.2 Å². The Morgan fingerprint density at radius 1 is 0.244 bits per heavy atom. The highest BCUT2D eigenvalue weighted by atomic mass is 16.6. The quantitative estimate of drug-likeness (QED) is 0.0261. The van der Waals surface area contributed by atoms with Crippen molar-refractivity contribution in [2.75, 3.05) is 13.2 Å². The third-order valence-electron chi connectivity index (χ3n) is 16.9. The molecule has 0 aromatic carbocycles. The Morgan fingerprint density at radius 2 is 0.439 bits per heavy atom. The van der Waals surface area contributed by atoms with Crippen LogP contribution in [0.15, 0.2) is 36.5 Å². The minimum Gasteiger partial charge on any atom is -0.462 e. The van der Waals surface area contributed by atoms with Crippen molar-refractivity contribution in [1.29, 1.82) is 0 Å². The van der Waals surface area contributed by atoms with Crippen LogP contribution in [0.1, 0.15) is 412 Å². The van der Waals surface area contributed by atoms with Crippen molar-refractivity contribution in [3.63, 3.8) is 0 Å². The molecule has 0 saturated heterocycles. The van der Waals surface area contributed by atoms with Crippen LogP contribution < -0.4 is 0 Å². The van der Waals surface area contributed by atoms with Gasteiger partial charge < -0.3 is 14.2 Å². The van der Waals surface area contributed by atoms with Gasteiger partial charge in [0, 0.05) is 19.3 Å². The van der Waals surface area contributed by atoms with E-state index in [2.05, 4.69) is 57.2 Å². The molecule has 0 radical (unpaired) electrons. The minimum atomic E-state index is -0.779. The van der Waals surface area contributed by atoms with Gasteiger partial charge in [0.1, 0.15) is 13.2 Å². The molecule has 1 unspecified atom stereocenters. The maximum atomic E-state index is 12.9. The lowest BCUT2D eigenvalue weighted by molar-refractivity contribution is -0.167. The molecule has 0 amide bonds. The summed E-state index contributed by atoms with van der Waals surface area (Å²) in [5.74, 6) is -0.863. The monoisotopic (exact) mass is 1150 g/mol. The number of ether oxygens (including phenoxy) is 3. The molecule has 0 fully saturated rings. The fourth-order valence-electron chi connectivity index (χ4n) is 11.3. The summed E-state index contributed by atoms with van der Waals surface area (Å²) < 4.78 is 17.0. The highest BCUT2D eigenvalue weighted by Gasteiger charge is 2.19. The third kappa shape index (κ3) is 68.4. The fourth-order valence-corrected chi connectivity index (χ4v) is 11.3. The molecule has 0 N–H and O–H groups in total. The van der Waals surface area contributed by atoms with Gasteiger partial charge in [0.05, 0.1) is 0 Å².